The number of likely N-dealkylation sites (N-methyl/N-ethyl adjacent to an activating group) is 1. The molecule has 2 aromatic rings. The van der Waals surface area contributed by atoms with Crippen molar-refractivity contribution in [3.05, 3.63) is 82.8 Å². The molecule has 1 aliphatic heterocycles. The smallest absolute Gasteiger partial charge is 0.411 e. The van der Waals surface area contributed by atoms with E-state index in [4.69, 9.17) is 15.9 Å². The second-order valence-corrected chi connectivity index (χ2v) is 8.92. The Morgan fingerprint density at radius 3 is 2.38 bits per heavy atom. The number of hydrogen-bond donors (Lipinski definition) is 3. The number of hydrogen-bond acceptors (Lipinski definition) is 6. The van der Waals surface area contributed by atoms with Crippen LogP contribution in [-0.2, 0) is 4.74 Å². The molecule has 1 aliphatic rings. The first-order chi connectivity index (χ1) is 16.0. The third kappa shape index (κ3) is 5.43. The molecule has 2 amide bonds. The molecule has 4 N–H and O–H groups in total. The molecule has 0 saturated carbocycles. The van der Waals surface area contributed by atoms with E-state index in [1.165, 1.54) is 29.2 Å². The van der Waals surface area contributed by atoms with Crippen LogP contribution in [0, 0.1) is 11.2 Å². The maximum absolute atomic E-state index is 13.2. The van der Waals surface area contributed by atoms with Crippen LogP contribution in [0.2, 0.25) is 0 Å². The minimum Gasteiger partial charge on any atom is -0.440 e. The van der Waals surface area contributed by atoms with Gasteiger partial charge in [0, 0.05) is 23.4 Å². The van der Waals surface area contributed by atoms with Gasteiger partial charge in [-0.1, -0.05) is 30.3 Å². The maximum atomic E-state index is 13.2. The first-order valence-electron chi connectivity index (χ1n) is 10.8. The van der Waals surface area contributed by atoms with Crippen LogP contribution in [-0.4, -0.2) is 60.4 Å². The van der Waals surface area contributed by atoms with Gasteiger partial charge in [0.15, 0.2) is 0 Å². The highest BCUT2D eigenvalue weighted by Crippen LogP contribution is 2.33. The lowest BCUT2D eigenvalue weighted by molar-refractivity contribution is 0.0383. The molecule has 1 heterocycles. The minimum absolute atomic E-state index is 0.00364. The minimum atomic E-state index is -0.932. The van der Waals surface area contributed by atoms with Gasteiger partial charge in [-0.05, 0) is 57.8 Å². The van der Waals surface area contributed by atoms with Crippen molar-refractivity contribution in [1.29, 1.82) is 5.41 Å². The molecule has 8 nitrogen and oxygen atoms in total. The monoisotopic (exact) mass is 467 g/mol. The fourth-order valence-corrected chi connectivity index (χ4v) is 3.72. The van der Waals surface area contributed by atoms with Gasteiger partial charge < -0.3 is 20.7 Å². The van der Waals surface area contributed by atoms with E-state index in [1.807, 2.05) is 49.3 Å². The van der Waals surface area contributed by atoms with Crippen molar-refractivity contribution in [1.82, 2.24) is 15.1 Å². The molecule has 0 fully saturated rings. The van der Waals surface area contributed by atoms with Gasteiger partial charge in [0.25, 0.3) is 5.91 Å². The van der Waals surface area contributed by atoms with E-state index >= 15 is 0 Å². The number of ether oxygens (including phenoxy) is 1. The molecular formula is C25H30FN5O3. The topological polar surface area (TPSA) is 112 Å². The van der Waals surface area contributed by atoms with Crippen LogP contribution < -0.4 is 11.1 Å². The molecule has 1 unspecified atom stereocenters. The summed E-state index contributed by atoms with van der Waals surface area (Å²) in [6.07, 6.45) is -1.07. The molecule has 0 spiro atoms. The number of carbonyl (C=O) groups excluding carboxylic acids is 2. The summed E-state index contributed by atoms with van der Waals surface area (Å²) in [7, 11) is 3.79. The van der Waals surface area contributed by atoms with Gasteiger partial charge >= 0.3 is 6.09 Å². The number of amides is 2. The molecule has 0 saturated heterocycles. The first-order valence-corrected chi connectivity index (χ1v) is 10.8. The Hall–Kier alpha value is -3.72. The molecule has 2 aromatic carbocycles. The zero-order chi connectivity index (χ0) is 25.0. The summed E-state index contributed by atoms with van der Waals surface area (Å²) in [6, 6.07) is 14.4. The summed E-state index contributed by atoms with van der Waals surface area (Å²) in [6.45, 7) is 4.01. The average molecular weight is 468 g/mol. The highest BCUT2D eigenvalue weighted by Gasteiger charge is 2.44. The Morgan fingerprint density at radius 2 is 1.79 bits per heavy atom. The van der Waals surface area contributed by atoms with Crippen molar-refractivity contribution < 1.29 is 18.7 Å². The summed E-state index contributed by atoms with van der Waals surface area (Å²) in [5.41, 5.74) is 7.07. The van der Waals surface area contributed by atoms with Gasteiger partial charge in [-0.3, -0.25) is 15.1 Å². The van der Waals surface area contributed by atoms with Gasteiger partial charge in [-0.2, -0.15) is 0 Å². The molecule has 34 heavy (non-hydrogen) atoms. The number of nitrogens with two attached hydrogens (primary N) is 1. The normalized spacial score (nSPS) is 15.9. The van der Waals surface area contributed by atoms with Crippen LogP contribution in [0.4, 0.5) is 9.18 Å². The largest absolute Gasteiger partial charge is 0.440 e. The van der Waals surface area contributed by atoms with E-state index in [0.29, 0.717) is 12.1 Å². The van der Waals surface area contributed by atoms with E-state index in [2.05, 4.69) is 5.32 Å². The molecule has 9 heteroatoms. The zero-order valence-electron chi connectivity index (χ0n) is 19.8. The van der Waals surface area contributed by atoms with Crippen LogP contribution in [0.15, 0.2) is 65.9 Å². The Morgan fingerprint density at radius 1 is 1.18 bits per heavy atom. The lowest BCUT2D eigenvalue weighted by Gasteiger charge is -2.34. The van der Waals surface area contributed by atoms with Gasteiger partial charge in [-0.15, -0.1) is 0 Å². The second-order valence-electron chi connectivity index (χ2n) is 8.92. The highest BCUT2D eigenvalue weighted by molar-refractivity contribution is 6.12. The molecule has 1 atom stereocenters. The third-order valence-electron chi connectivity index (χ3n) is 5.79. The van der Waals surface area contributed by atoms with Crippen molar-refractivity contribution in [2.75, 3.05) is 27.2 Å². The van der Waals surface area contributed by atoms with E-state index in [0.717, 1.165) is 5.56 Å². The fourth-order valence-electron chi connectivity index (χ4n) is 3.72. The summed E-state index contributed by atoms with van der Waals surface area (Å²) in [5, 5.41) is 10.9. The average Bonchev–Trinajstić information content (AvgIpc) is 3.03. The SMILES string of the molecule is CN(C)CC(OC(=O)N1CC(C(=N)NC(=O)c2ccc(F)cc2)=C(N)C1(C)C)c1ccccc1. The lowest BCUT2D eigenvalue weighted by Crippen LogP contribution is -2.47. The predicted molar refractivity (Wildman–Crippen MR) is 128 cm³/mol. The maximum Gasteiger partial charge on any atom is 0.411 e. The summed E-state index contributed by atoms with van der Waals surface area (Å²) < 4.78 is 19.0. The Bertz CT molecular complexity index is 1100. The summed E-state index contributed by atoms with van der Waals surface area (Å²) in [5.74, 6) is -1.25. The molecule has 0 bridgehead atoms. The van der Waals surface area contributed by atoms with Crippen molar-refractivity contribution in [2.24, 2.45) is 5.73 Å². The number of rotatable bonds is 6. The van der Waals surface area contributed by atoms with Crippen LogP contribution in [0.1, 0.15) is 35.9 Å². The Balaban J connectivity index is 1.74. The molecule has 3 rings (SSSR count). The van der Waals surface area contributed by atoms with Crippen molar-refractivity contribution in [3.63, 3.8) is 0 Å². The van der Waals surface area contributed by atoms with E-state index in [1.54, 1.807) is 13.8 Å². The third-order valence-corrected chi connectivity index (χ3v) is 5.79. The first kappa shape index (κ1) is 24.9. The summed E-state index contributed by atoms with van der Waals surface area (Å²) >= 11 is 0. The Kier molecular flexibility index (Phi) is 7.36. The second kappa shape index (κ2) is 10.0. The van der Waals surface area contributed by atoms with Crippen molar-refractivity contribution >= 4 is 17.8 Å². The zero-order valence-corrected chi connectivity index (χ0v) is 19.8. The van der Waals surface area contributed by atoms with E-state index < -0.39 is 29.5 Å². The number of carbonyl (C=O) groups is 2. The standard InChI is InChI=1S/C25H30FN5O3/c1-25(2)21(27)19(22(28)29-23(32)17-10-12-18(26)13-11-17)14-31(25)24(33)34-20(15-30(3)4)16-8-6-5-7-9-16/h5-13,20H,14-15,27H2,1-4H3,(H2,28,29,32). The number of benzene rings is 2. The Labute approximate surface area is 198 Å². The fraction of sp³-hybridized carbons (Fsp3) is 0.320. The van der Waals surface area contributed by atoms with Crippen molar-refractivity contribution in [3.8, 4) is 0 Å². The van der Waals surface area contributed by atoms with Crippen LogP contribution >= 0.6 is 0 Å². The van der Waals surface area contributed by atoms with Crippen LogP contribution in [0.3, 0.4) is 0 Å². The molecule has 180 valence electrons. The van der Waals surface area contributed by atoms with Crippen LogP contribution in [0.25, 0.3) is 0 Å². The lowest BCUT2D eigenvalue weighted by atomic mass is 10.0. The van der Waals surface area contributed by atoms with E-state index in [9.17, 15) is 14.0 Å². The van der Waals surface area contributed by atoms with Gasteiger partial charge in [0.1, 0.15) is 17.8 Å². The number of halogens is 1. The molecular weight excluding hydrogens is 437 g/mol. The van der Waals surface area contributed by atoms with Gasteiger partial charge in [0.2, 0.25) is 0 Å². The van der Waals surface area contributed by atoms with Crippen LogP contribution in [0.5, 0.6) is 0 Å². The molecule has 0 aromatic heterocycles. The predicted octanol–water partition coefficient (Wildman–Crippen LogP) is 3.28. The number of amidine groups is 1. The molecule has 0 radical (unpaired) electrons. The molecule has 0 aliphatic carbocycles. The number of nitrogens with one attached hydrogen (secondary N) is 2. The van der Waals surface area contributed by atoms with E-state index in [-0.39, 0.29) is 23.6 Å². The van der Waals surface area contributed by atoms with Gasteiger partial charge in [0.05, 0.1) is 12.1 Å². The summed E-state index contributed by atoms with van der Waals surface area (Å²) in [4.78, 5) is 29.1. The van der Waals surface area contributed by atoms with Gasteiger partial charge in [-0.25, -0.2) is 9.18 Å². The quantitative estimate of drug-likeness (QED) is 0.446. The highest BCUT2D eigenvalue weighted by atomic mass is 19.1. The van der Waals surface area contributed by atoms with Crippen molar-refractivity contribution in [2.45, 2.75) is 25.5 Å². The number of nitrogens with zero attached hydrogens (tertiary/aromatic N) is 2.